The molecule has 0 aliphatic heterocycles. The van der Waals surface area contributed by atoms with E-state index in [0.29, 0.717) is 5.92 Å². The molecule has 0 spiro atoms. The van der Waals surface area contributed by atoms with E-state index in [-0.39, 0.29) is 5.92 Å². The van der Waals surface area contributed by atoms with E-state index in [1.165, 1.54) is 5.39 Å². The molecule has 1 heterocycles. The minimum Gasteiger partial charge on any atom is -0.372 e. The first-order valence-corrected chi connectivity index (χ1v) is 6.30. The van der Waals surface area contributed by atoms with Crippen LogP contribution in [0.15, 0.2) is 30.5 Å². The number of anilines is 1. The van der Waals surface area contributed by atoms with Crippen molar-refractivity contribution in [2.24, 2.45) is 11.8 Å². The van der Waals surface area contributed by atoms with Gasteiger partial charge in [-0.05, 0) is 12.0 Å². The van der Waals surface area contributed by atoms with Gasteiger partial charge in [-0.3, -0.25) is 0 Å². The molecule has 0 amide bonds. The summed E-state index contributed by atoms with van der Waals surface area (Å²) in [5.41, 5.74) is 2.30. The van der Waals surface area contributed by atoms with Gasteiger partial charge < -0.3 is 9.88 Å². The van der Waals surface area contributed by atoms with E-state index in [1.807, 2.05) is 25.4 Å². The van der Waals surface area contributed by atoms with Gasteiger partial charge in [-0.15, -0.1) is 0 Å². The summed E-state index contributed by atoms with van der Waals surface area (Å²) in [6.07, 6.45) is 2.01. The molecule has 1 aromatic heterocycles. The molecule has 0 aliphatic carbocycles. The maximum atomic E-state index is 9.17. The number of hydrogen-bond donors (Lipinski definition) is 1. The lowest BCUT2D eigenvalue weighted by atomic mass is 9.97. The summed E-state index contributed by atoms with van der Waals surface area (Å²) in [6.45, 7) is 4.95. The number of nitriles is 1. The van der Waals surface area contributed by atoms with E-state index < -0.39 is 0 Å². The van der Waals surface area contributed by atoms with Crippen molar-refractivity contribution in [3.63, 3.8) is 0 Å². The number of benzene rings is 1. The predicted molar refractivity (Wildman–Crippen MR) is 75.5 cm³/mol. The van der Waals surface area contributed by atoms with Crippen molar-refractivity contribution >= 4 is 16.6 Å². The first-order valence-electron chi connectivity index (χ1n) is 6.30. The fourth-order valence-electron chi connectivity index (χ4n) is 2.17. The molecule has 2 rings (SSSR count). The van der Waals surface area contributed by atoms with Gasteiger partial charge in [-0.2, -0.15) is 5.26 Å². The van der Waals surface area contributed by atoms with Crippen LogP contribution in [0, 0.1) is 23.2 Å². The zero-order valence-corrected chi connectivity index (χ0v) is 11.1. The van der Waals surface area contributed by atoms with Gasteiger partial charge in [0, 0.05) is 30.7 Å². The normalized spacial score (nSPS) is 12.6. The van der Waals surface area contributed by atoms with E-state index in [2.05, 4.69) is 41.9 Å². The minimum absolute atomic E-state index is 0.0589. The fourth-order valence-corrected chi connectivity index (χ4v) is 2.17. The third kappa shape index (κ3) is 2.33. The summed E-state index contributed by atoms with van der Waals surface area (Å²) in [6, 6.07) is 10.6. The van der Waals surface area contributed by atoms with Crippen LogP contribution >= 0.6 is 0 Å². The number of nitrogens with zero attached hydrogens (tertiary/aromatic N) is 2. The first-order chi connectivity index (χ1) is 8.63. The molecule has 0 saturated carbocycles. The Morgan fingerprint density at radius 2 is 2.06 bits per heavy atom. The molecule has 1 N–H and O–H groups in total. The third-order valence-corrected chi connectivity index (χ3v) is 3.42. The van der Waals surface area contributed by atoms with Crippen LogP contribution in [0.4, 0.5) is 5.69 Å². The van der Waals surface area contributed by atoms with Gasteiger partial charge in [0.25, 0.3) is 0 Å². The van der Waals surface area contributed by atoms with Crippen LogP contribution in [-0.4, -0.2) is 18.6 Å². The highest BCUT2D eigenvalue weighted by molar-refractivity contribution is 5.92. The van der Waals surface area contributed by atoms with Gasteiger partial charge >= 0.3 is 0 Å². The molecule has 0 radical (unpaired) electrons. The Kier molecular flexibility index (Phi) is 3.57. The summed E-state index contributed by atoms with van der Waals surface area (Å²) in [4.78, 5) is 5.42. The Labute approximate surface area is 108 Å². The Morgan fingerprint density at radius 1 is 1.33 bits per heavy atom. The van der Waals surface area contributed by atoms with Crippen molar-refractivity contribution in [1.29, 1.82) is 5.26 Å². The van der Waals surface area contributed by atoms with E-state index >= 15 is 0 Å². The molecule has 3 heteroatoms. The summed E-state index contributed by atoms with van der Waals surface area (Å²) in [5, 5.41) is 10.4. The lowest BCUT2D eigenvalue weighted by Gasteiger charge is -2.23. The van der Waals surface area contributed by atoms with Crippen LogP contribution in [-0.2, 0) is 0 Å². The summed E-state index contributed by atoms with van der Waals surface area (Å²) >= 11 is 0. The smallest absolute Gasteiger partial charge is 0.0677 e. The molecule has 2 aromatic rings. The highest BCUT2D eigenvalue weighted by Crippen LogP contribution is 2.26. The number of para-hydroxylation sites is 1. The largest absolute Gasteiger partial charge is 0.372 e. The van der Waals surface area contributed by atoms with E-state index in [1.54, 1.807) is 0 Å². The summed E-state index contributed by atoms with van der Waals surface area (Å²) < 4.78 is 0. The van der Waals surface area contributed by atoms with Crippen LogP contribution in [0.2, 0.25) is 0 Å². The van der Waals surface area contributed by atoms with Crippen LogP contribution in [0.3, 0.4) is 0 Å². The molecule has 18 heavy (non-hydrogen) atoms. The van der Waals surface area contributed by atoms with E-state index in [4.69, 9.17) is 0 Å². The van der Waals surface area contributed by atoms with E-state index in [9.17, 15) is 5.26 Å². The molecular weight excluding hydrogens is 222 g/mol. The van der Waals surface area contributed by atoms with Crippen LogP contribution in [0.25, 0.3) is 10.9 Å². The predicted octanol–water partition coefficient (Wildman–Crippen LogP) is 3.40. The molecule has 1 aromatic carbocycles. The van der Waals surface area contributed by atoms with E-state index in [0.717, 1.165) is 17.7 Å². The SMILES string of the molecule is CC(C)C(C#N)CN(C)c1c[nH]c2ccccc12. The lowest BCUT2D eigenvalue weighted by Crippen LogP contribution is -2.27. The Hall–Kier alpha value is -1.95. The highest BCUT2D eigenvalue weighted by Gasteiger charge is 2.16. The van der Waals surface area contributed by atoms with Crippen molar-refractivity contribution in [2.45, 2.75) is 13.8 Å². The van der Waals surface area contributed by atoms with Crippen molar-refractivity contribution < 1.29 is 0 Å². The Balaban J connectivity index is 2.24. The summed E-state index contributed by atoms with van der Waals surface area (Å²) in [5.74, 6) is 0.436. The second-order valence-corrected chi connectivity index (χ2v) is 5.08. The van der Waals surface area contributed by atoms with Crippen molar-refractivity contribution in [3.05, 3.63) is 30.5 Å². The molecule has 1 unspecified atom stereocenters. The summed E-state index contributed by atoms with van der Waals surface area (Å²) in [7, 11) is 2.04. The van der Waals surface area contributed by atoms with Crippen LogP contribution < -0.4 is 4.90 Å². The van der Waals surface area contributed by atoms with Gasteiger partial charge in [0.15, 0.2) is 0 Å². The number of aromatic nitrogens is 1. The number of fused-ring (bicyclic) bond motifs is 1. The number of aromatic amines is 1. The fraction of sp³-hybridized carbons (Fsp3) is 0.400. The van der Waals surface area contributed by atoms with Gasteiger partial charge in [0.05, 0.1) is 17.7 Å². The van der Waals surface area contributed by atoms with Crippen LogP contribution in [0.1, 0.15) is 13.8 Å². The average molecular weight is 241 g/mol. The van der Waals surface area contributed by atoms with Gasteiger partial charge in [0.1, 0.15) is 0 Å². The van der Waals surface area contributed by atoms with Crippen molar-refractivity contribution in [2.75, 3.05) is 18.5 Å². The zero-order valence-electron chi connectivity index (χ0n) is 11.1. The molecule has 0 aliphatic rings. The number of nitrogens with one attached hydrogen (secondary N) is 1. The van der Waals surface area contributed by atoms with Gasteiger partial charge in [-0.1, -0.05) is 32.0 Å². The lowest BCUT2D eigenvalue weighted by molar-refractivity contribution is 0.477. The third-order valence-electron chi connectivity index (χ3n) is 3.42. The van der Waals surface area contributed by atoms with Crippen molar-refractivity contribution in [3.8, 4) is 6.07 Å². The van der Waals surface area contributed by atoms with Crippen molar-refractivity contribution in [1.82, 2.24) is 4.98 Å². The molecule has 0 fully saturated rings. The Morgan fingerprint density at radius 3 is 2.72 bits per heavy atom. The van der Waals surface area contributed by atoms with Gasteiger partial charge in [0.2, 0.25) is 0 Å². The number of H-pyrrole nitrogens is 1. The number of rotatable bonds is 4. The zero-order chi connectivity index (χ0) is 13.1. The second-order valence-electron chi connectivity index (χ2n) is 5.08. The quantitative estimate of drug-likeness (QED) is 0.891. The van der Waals surface area contributed by atoms with Gasteiger partial charge in [-0.25, -0.2) is 0 Å². The molecule has 94 valence electrons. The monoisotopic (exact) mass is 241 g/mol. The first kappa shape index (κ1) is 12.5. The molecule has 1 atom stereocenters. The highest BCUT2D eigenvalue weighted by atomic mass is 15.1. The minimum atomic E-state index is 0.0589. The number of hydrogen-bond acceptors (Lipinski definition) is 2. The topological polar surface area (TPSA) is 42.8 Å². The molecular formula is C15H19N3. The molecule has 0 bridgehead atoms. The second kappa shape index (κ2) is 5.14. The maximum Gasteiger partial charge on any atom is 0.0677 e. The maximum absolute atomic E-state index is 9.17. The average Bonchev–Trinajstić information content (AvgIpc) is 2.79. The Bertz CT molecular complexity index is 562. The molecule has 0 saturated heterocycles. The van der Waals surface area contributed by atoms with Crippen LogP contribution in [0.5, 0.6) is 0 Å². The standard InChI is InChI=1S/C15H19N3/c1-11(2)12(8-16)10-18(3)15-9-17-14-7-5-4-6-13(14)15/h4-7,9,11-12,17H,10H2,1-3H3. The molecule has 3 nitrogen and oxygen atoms in total.